The summed E-state index contributed by atoms with van der Waals surface area (Å²) in [5, 5.41) is 9.36. The van der Waals surface area contributed by atoms with Gasteiger partial charge in [0.15, 0.2) is 0 Å². The molecule has 0 aromatic heterocycles. The Hall–Kier alpha value is -1.71. The Bertz CT molecular complexity index is 411. The van der Waals surface area contributed by atoms with Crippen LogP contribution in [-0.2, 0) is 0 Å². The summed E-state index contributed by atoms with van der Waals surface area (Å²) in [6.07, 6.45) is 3.31. The van der Waals surface area contributed by atoms with E-state index < -0.39 is 0 Å². The lowest BCUT2D eigenvalue weighted by Gasteiger charge is -2.27. The third kappa shape index (κ3) is 2.52. The third-order valence-electron chi connectivity index (χ3n) is 3.06. The van der Waals surface area contributed by atoms with Gasteiger partial charge in [-0.3, -0.25) is 4.79 Å². The Balaban J connectivity index is 2.23. The lowest BCUT2D eigenvalue weighted by Crippen LogP contribution is -2.35. The summed E-state index contributed by atoms with van der Waals surface area (Å²) in [7, 11) is 1.50. The Kier molecular flexibility index (Phi) is 3.52. The number of nitrogens with zero attached hydrogens (tertiary/aromatic N) is 1. The van der Waals surface area contributed by atoms with E-state index in [9.17, 15) is 9.90 Å². The normalized spacial score (nSPS) is 15.7. The second-order valence-electron chi connectivity index (χ2n) is 4.24. The zero-order valence-electron chi connectivity index (χ0n) is 9.98. The first kappa shape index (κ1) is 11.8. The van der Waals surface area contributed by atoms with Crippen molar-refractivity contribution in [3.05, 3.63) is 23.8 Å². The van der Waals surface area contributed by atoms with Gasteiger partial charge in [-0.25, -0.2) is 0 Å². The van der Waals surface area contributed by atoms with Crippen LogP contribution in [0.2, 0.25) is 0 Å². The monoisotopic (exact) mass is 235 g/mol. The Morgan fingerprint density at radius 2 is 2.00 bits per heavy atom. The summed E-state index contributed by atoms with van der Waals surface area (Å²) in [5.74, 6) is 0.527. The molecule has 4 heteroatoms. The van der Waals surface area contributed by atoms with E-state index in [4.69, 9.17) is 4.74 Å². The van der Waals surface area contributed by atoms with Gasteiger partial charge in [-0.1, -0.05) is 0 Å². The summed E-state index contributed by atoms with van der Waals surface area (Å²) >= 11 is 0. The molecule has 1 aliphatic rings. The average Bonchev–Trinajstić information content (AvgIpc) is 2.39. The molecule has 0 radical (unpaired) electrons. The Labute approximate surface area is 101 Å². The molecule has 0 unspecified atom stereocenters. The zero-order chi connectivity index (χ0) is 12.3. The van der Waals surface area contributed by atoms with Gasteiger partial charge in [0, 0.05) is 19.2 Å². The molecule has 2 rings (SSSR count). The van der Waals surface area contributed by atoms with E-state index in [1.807, 2.05) is 4.90 Å². The van der Waals surface area contributed by atoms with Crippen molar-refractivity contribution < 1.29 is 14.6 Å². The van der Waals surface area contributed by atoms with Gasteiger partial charge >= 0.3 is 0 Å². The number of likely N-dealkylation sites (tertiary alicyclic amines) is 1. The molecular weight excluding hydrogens is 218 g/mol. The molecular formula is C13H17NO3. The van der Waals surface area contributed by atoms with Crippen LogP contribution in [0.5, 0.6) is 11.5 Å². The van der Waals surface area contributed by atoms with E-state index in [0.29, 0.717) is 11.3 Å². The zero-order valence-corrected chi connectivity index (χ0v) is 9.98. The van der Waals surface area contributed by atoms with Crippen molar-refractivity contribution in [3.8, 4) is 11.5 Å². The largest absolute Gasteiger partial charge is 0.508 e. The second kappa shape index (κ2) is 5.08. The van der Waals surface area contributed by atoms with Crippen LogP contribution >= 0.6 is 0 Å². The number of hydrogen-bond donors (Lipinski definition) is 1. The number of aromatic hydroxyl groups is 1. The number of hydrogen-bond acceptors (Lipinski definition) is 3. The number of amides is 1. The first-order chi connectivity index (χ1) is 8.22. The molecule has 1 heterocycles. The summed E-state index contributed by atoms with van der Waals surface area (Å²) in [6, 6.07) is 4.60. The van der Waals surface area contributed by atoms with Crippen molar-refractivity contribution in [2.75, 3.05) is 20.2 Å². The highest BCUT2D eigenvalue weighted by atomic mass is 16.5. The van der Waals surface area contributed by atoms with E-state index in [2.05, 4.69) is 0 Å². The molecule has 1 fully saturated rings. The summed E-state index contributed by atoms with van der Waals surface area (Å²) in [6.45, 7) is 1.62. The molecule has 1 aromatic carbocycles. The topological polar surface area (TPSA) is 49.8 Å². The number of piperidine rings is 1. The Morgan fingerprint density at radius 3 is 2.65 bits per heavy atom. The maximum Gasteiger partial charge on any atom is 0.257 e. The fraction of sp³-hybridized carbons (Fsp3) is 0.462. The second-order valence-corrected chi connectivity index (χ2v) is 4.24. The fourth-order valence-electron chi connectivity index (χ4n) is 2.12. The van der Waals surface area contributed by atoms with Crippen molar-refractivity contribution >= 4 is 5.91 Å². The summed E-state index contributed by atoms with van der Waals surface area (Å²) in [5.41, 5.74) is 0.521. The predicted molar refractivity (Wildman–Crippen MR) is 64.4 cm³/mol. The summed E-state index contributed by atoms with van der Waals surface area (Å²) < 4.78 is 5.13. The lowest BCUT2D eigenvalue weighted by atomic mass is 10.1. The maximum atomic E-state index is 12.3. The molecule has 0 bridgehead atoms. The highest BCUT2D eigenvalue weighted by Gasteiger charge is 2.21. The third-order valence-corrected chi connectivity index (χ3v) is 3.06. The molecule has 1 amide bonds. The van der Waals surface area contributed by atoms with Crippen LogP contribution in [0, 0.1) is 0 Å². The minimum absolute atomic E-state index is 0.0125. The van der Waals surface area contributed by atoms with Gasteiger partial charge in [-0.15, -0.1) is 0 Å². The number of rotatable bonds is 2. The number of methoxy groups -OCH3 is 1. The maximum absolute atomic E-state index is 12.3. The van der Waals surface area contributed by atoms with Gasteiger partial charge in [0.2, 0.25) is 0 Å². The van der Waals surface area contributed by atoms with Crippen molar-refractivity contribution in [2.24, 2.45) is 0 Å². The first-order valence-corrected chi connectivity index (χ1v) is 5.88. The van der Waals surface area contributed by atoms with Crippen LogP contribution in [0.25, 0.3) is 0 Å². The minimum atomic E-state index is -0.0125. The van der Waals surface area contributed by atoms with E-state index in [0.717, 1.165) is 25.9 Å². The fourth-order valence-corrected chi connectivity index (χ4v) is 2.12. The molecule has 1 N–H and O–H groups in total. The predicted octanol–water partition coefficient (Wildman–Crippen LogP) is 2.03. The molecule has 4 nitrogen and oxygen atoms in total. The van der Waals surface area contributed by atoms with Crippen molar-refractivity contribution in [2.45, 2.75) is 19.3 Å². The lowest BCUT2D eigenvalue weighted by molar-refractivity contribution is 0.0721. The van der Waals surface area contributed by atoms with Gasteiger partial charge in [0.1, 0.15) is 11.5 Å². The van der Waals surface area contributed by atoms with Crippen molar-refractivity contribution in [3.63, 3.8) is 0 Å². The van der Waals surface area contributed by atoms with Crippen LogP contribution in [0.1, 0.15) is 29.6 Å². The molecule has 1 aromatic rings. The van der Waals surface area contributed by atoms with Gasteiger partial charge in [0.25, 0.3) is 5.91 Å². The van der Waals surface area contributed by atoms with Gasteiger partial charge in [0.05, 0.1) is 12.7 Å². The number of phenols is 1. The smallest absolute Gasteiger partial charge is 0.257 e. The van der Waals surface area contributed by atoms with Gasteiger partial charge < -0.3 is 14.7 Å². The molecule has 92 valence electrons. The van der Waals surface area contributed by atoms with E-state index in [1.165, 1.54) is 25.7 Å². The SMILES string of the molecule is COc1cc(O)ccc1C(=O)N1CCCCC1. The minimum Gasteiger partial charge on any atom is -0.508 e. The summed E-state index contributed by atoms with van der Waals surface area (Å²) in [4.78, 5) is 14.1. The quantitative estimate of drug-likeness (QED) is 0.853. The van der Waals surface area contributed by atoms with E-state index in [-0.39, 0.29) is 11.7 Å². The first-order valence-electron chi connectivity index (χ1n) is 5.88. The van der Waals surface area contributed by atoms with Gasteiger partial charge in [-0.05, 0) is 31.4 Å². The van der Waals surface area contributed by atoms with Gasteiger partial charge in [-0.2, -0.15) is 0 Å². The highest BCUT2D eigenvalue weighted by Crippen LogP contribution is 2.25. The molecule has 0 spiro atoms. The van der Waals surface area contributed by atoms with Crippen LogP contribution in [0.3, 0.4) is 0 Å². The highest BCUT2D eigenvalue weighted by molar-refractivity contribution is 5.97. The molecule has 0 saturated carbocycles. The number of carbonyl (C=O) groups is 1. The Morgan fingerprint density at radius 1 is 1.29 bits per heavy atom. The standard InChI is InChI=1S/C13H17NO3/c1-17-12-9-10(15)5-6-11(12)13(16)14-7-3-2-4-8-14/h5-6,9,15H,2-4,7-8H2,1H3. The number of ether oxygens (including phenoxy) is 1. The molecule has 0 atom stereocenters. The average molecular weight is 235 g/mol. The van der Waals surface area contributed by atoms with Crippen molar-refractivity contribution in [1.29, 1.82) is 0 Å². The van der Waals surface area contributed by atoms with Crippen LogP contribution in [0.15, 0.2) is 18.2 Å². The van der Waals surface area contributed by atoms with Crippen molar-refractivity contribution in [1.82, 2.24) is 4.90 Å². The number of phenolic OH excluding ortho intramolecular Hbond substituents is 1. The molecule has 17 heavy (non-hydrogen) atoms. The van der Waals surface area contributed by atoms with E-state index >= 15 is 0 Å². The molecule has 1 aliphatic heterocycles. The van der Waals surface area contributed by atoms with Crippen LogP contribution in [0.4, 0.5) is 0 Å². The number of carbonyl (C=O) groups excluding carboxylic acids is 1. The van der Waals surface area contributed by atoms with Crippen LogP contribution < -0.4 is 4.74 Å². The van der Waals surface area contributed by atoms with E-state index in [1.54, 1.807) is 6.07 Å². The molecule has 0 aliphatic carbocycles. The van der Waals surface area contributed by atoms with Crippen LogP contribution in [-0.4, -0.2) is 36.1 Å². The number of benzene rings is 1. The molecule has 1 saturated heterocycles.